The minimum atomic E-state index is 0.350. The summed E-state index contributed by atoms with van der Waals surface area (Å²) in [6, 6.07) is 8.48. The van der Waals surface area contributed by atoms with E-state index in [9.17, 15) is 0 Å². The van der Waals surface area contributed by atoms with Crippen LogP contribution in [0.25, 0.3) is 0 Å². The van der Waals surface area contributed by atoms with E-state index < -0.39 is 0 Å². The van der Waals surface area contributed by atoms with Gasteiger partial charge in [0.1, 0.15) is 0 Å². The van der Waals surface area contributed by atoms with Gasteiger partial charge in [-0.1, -0.05) is 57.4 Å². The largest absolute Gasteiger partial charge is 0.373 e. The lowest BCUT2D eigenvalue weighted by Crippen LogP contribution is -2.40. The predicted octanol–water partition coefficient (Wildman–Crippen LogP) is 4.68. The van der Waals surface area contributed by atoms with E-state index >= 15 is 0 Å². The quantitative estimate of drug-likeness (QED) is 0.819. The number of hydrogen-bond donors (Lipinski definition) is 0. The van der Waals surface area contributed by atoms with Gasteiger partial charge in [0, 0.05) is 0 Å². The molecule has 0 aromatic carbocycles. The molecular formula is C20H30O2. The predicted molar refractivity (Wildman–Crippen MR) is 89.6 cm³/mol. The van der Waals surface area contributed by atoms with Crippen LogP contribution in [0.2, 0.25) is 0 Å². The first-order chi connectivity index (χ1) is 10.8. The minimum Gasteiger partial charge on any atom is -0.373 e. The zero-order valence-electron chi connectivity index (χ0n) is 14.1. The number of benzene rings is 1. The summed E-state index contributed by atoms with van der Waals surface area (Å²) >= 11 is 0. The van der Waals surface area contributed by atoms with Gasteiger partial charge in [-0.3, -0.25) is 0 Å². The minimum absolute atomic E-state index is 0.350. The van der Waals surface area contributed by atoms with Crippen LogP contribution >= 0.6 is 0 Å². The molecule has 0 radical (unpaired) electrons. The number of ether oxygens (including phenoxy) is 2. The summed E-state index contributed by atoms with van der Waals surface area (Å²) in [5.74, 6) is 1.74. The molecule has 3 aliphatic carbocycles. The van der Waals surface area contributed by atoms with Gasteiger partial charge in [0.15, 0.2) is 0 Å². The maximum Gasteiger partial charge on any atom is 0.0838 e. The molecule has 1 aliphatic heterocycles. The van der Waals surface area contributed by atoms with E-state index in [0.29, 0.717) is 12.2 Å². The molecule has 1 saturated heterocycles. The van der Waals surface area contributed by atoms with Gasteiger partial charge in [-0.05, 0) is 41.5 Å². The van der Waals surface area contributed by atoms with Crippen molar-refractivity contribution >= 4 is 0 Å². The van der Waals surface area contributed by atoms with Gasteiger partial charge in [0.2, 0.25) is 0 Å². The van der Waals surface area contributed by atoms with E-state index in [4.69, 9.17) is 9.47 Å². The van der Waals surface area contributed by atoms with Crippen molar-refractivity contribution in [3.63, 3.8) is 0 Å². The molecule has 4 rings (SSSR count). The van der Waals surface area contributed by atoms with Gasteiger partial charge < -0.3 is 9.47 Å². The third-order valence-electron chi connectivity index (χ3n) is 5.66. The molecular weight excluding hydrogens is 272 g/mol. The molecule has 2 fully saturated rings. The fourth-order valence-corrected chi connectivity index (χ4v) is 3.70. The molecule has 2 heteroatoms. The topological polar surface area (TPSA) is 18.5 Å². The molecule has 0 bridgehead atoms. The molecule has 2 nitrogen and oxygen atoms in total. The second-order valence-corrected chi connectivity index (χ2v) is 7.00. The molecule has 122 valence electrons. The van der Waals surface area contributed by atoms with Gasteiger partial charge in [0.25, 0.3) is 0 Å². The summed E-state index contributed by atoms with van der Waals surface area (Å²) in [5.41, 5.74) is 0. The first kappa shape index (κ1) is 16.0. The van der Waals surface area contributed by atoms with Crippen LogP contribution in [0.5, 0.6) is 0 Å². The second kappa shape index (κ2) is 7.61. The average Bonchev–Trinajstić information content (AvgIpc) is 2.59. The van der Waals surface area contributed by atoms with E-state index in [2.05, 4.69) is 38.1 Å². The zero-order chi connectivity index (χ0) is 15.4. The summed E-state index contributed by atoms with van der Waals surface area (Å²) in [4.78, 5) is 0. The van der Waals surface area contributed by atoms with E-state index in [0.717, 1.165) is 31.5 Å². The van der Waals surface area contributed by atoms with Crippen molar-refractivity contribution in [1.29, 1.82) is 0 Å². The Kier molecular flexibility index (Phi) is 5.54. The van der Waals surface area contributed by atoms with Crippen molar-refractivity contribution in [1.82, 2.24) is 0 Å². The van der Waals surface area contributed by atoms with Crippen LogP contribution in [-0.2, 0) is 9.47 Å². The standard InChI is InChI=1S/C14H26O2.C6H4/c1-3-11-5-7-12(8-6-11)14-10-15-13(4-2)9-16-14;1-2-6-4-3-5(1)6/h11-14H,3-10H2,1-2H3;1-4H. The van der Waals surface area contributed by atoms with Crippen LogP contribution in [0.1, 0.15) is 52.4 Å². The number of hydrogen-bond acceptors (Lipinski definition) is 2. The highest BCUT2D eigenvalue weighted by Crippen LogP contribution is 2.34. The molecule has 2 unspecified atom stereocenters. The SMILES string of the molecule is CCC1CCC(C2COC(CC)CO2)CC1.c1cc2ccc1=2. The van der Waals surface area contributed by atoms with Crippen LogP contribution in [-0.4, -0.2) is 25.4 Å². The van der Waals surface area contributed by atoms with Gasteiger partial charge in [-0.25, -0.2) is 0 Å². The Labute approximate surface area is 134 Å². The van der Waals surface area contributed by atoms with E-state index in [1.54, 1.807) is 0 Å². The zero-order valence-corrected chi connectivity index (χ0v) is 14.1. The molecule has 0 spiro atoms. The van der Waals surface area contributed by atoms with Gasteiger partial charge >= 0.3 is 0 Å². The van der Waals surface area contributed by atoms with Gasteiger partial charge in [0.05, 0.1) is 25.4 Å². The summed E-state index contributed by atoms with van der Waals surface area (Å²) in [7, 11) is 0. The molecule has 22 heavy (non-hydrogen) atoms. The van der Waals surface area contributed by atoms with Crippen LogP contribution in [0.15, 0.2) is 24.3 Å². The molecule has 0 aromatic rings. The van der Waals surface area contributed by atoms with Crippen LogP contribution in [0.4, 0.5) is 0 Å². The van der Waals surface area contributed by atoms with Crippen molar-refractivity contribution in [2.75, 3.05) is 13.2 Å². The first-order valence-electron chi connectivity index (χ1n) is 9.13. The summed E-state index contributed by atoms with van der Waals surface area (Å²) in [5, 5.41) is 2.85. The Morgan fingerprint density at radius 2 is 1.45 bits per heavy atom. The fourth-order valence-electron chi connectivity index (χ4n) is 3.70. The van der Waals surface area contributed by atoms with Crippen molar-refractivity contribution in [3.8, 4) is 0 Å². The highest BCUT2D eigenvalue weighted by atomic mass is 16.6. The number of rotatable bonds is 3. The maximum atomic E-state index is 5.96. The summed E-state index contributed by atoms with van der Waals surface area (Å²) in [6.07, 6.45) is 8.68. The second-order valence-electron chi connectivity index (χ2n) is 7.00. The van der Waals surface area contributed by atoms with Crippen molar-refractivity contribution in [3.05, 3.63) is 34.7 Å². The highest BCUT2D eigenvalue weighted by Gasteiger charge is 2.31. The fraction of sp³-hybridized carbons (Fsp3) is 0.700. The Morgan fingerprint density at radius 3 is 1.82 bits per heavy atom. The third-order valence-corrected chi connectivity index (χ3v) is 5.66. The Bertz CT molecular complexity index is 465. The molecule has 1 heterocycles. The van der Waals surface area contributed by atoms with Gasteiger partial charge in [-0.15, -0.1) is 0 Å². The Morgan fingerprint density at radius 1 is 0.818 bits per heavy atom. The van der Waals surface area contributed by atoms with E-state index in [1.165, 1.54) is 42.5 Å². The molecule has 2 atom stereocenters. The molecule has 1 saturated carbocycles. The average molecular weight is 302 g/mol. The maximum absolute atomic E-state index is 5.96. The Hall–Kier alpha value is -0.860. The van der Waals surface area contributed by atoms with Gasteiger partial charge in [-0.2, -0.15) is 0 Å². The lowest BCUT2D eigenvalue weighted by Gasteiger charge is -2.37. The highest BCUT2D eigenvalue weighted by molar-refractivity contribution is 5.22. The van der Waals surface area contributed by atoms with Crippen molar-refractivity contribution in [2.45, 2.75) is 64.6 Å². The lowest BCUT2D eigenvalue weighted by molar-refractivity contribution is -0.155. The molecule has 4 aliphatic rings. The smallest absolute Gasteiger partial charge is 0.0838 e. The van der Waals surface area contributed by atoms with Crippen LogP contribution < -0.4 is 0 Å². The monoisotopic (exact) mass is 302 g/mol. The van der Waals surface area contributed by atoms with E-state index in [1.807, 2.05) is 0 Å². The summed E-state index contributed by atoms with van der Waals surface area (Å²) < 4.78 is 11.8. The summed E-state index contributed by atoms with van der Waals surface area (Å²) in [6.45, 7) is 6.13. The van der Waals surface area contributed by atoms with Crippen LogP contribution in [0, 0.1) is 22.3 Å². The van der Waals surface area contributed by atoms with E-state index in [-0.39, 0.29) is 0 Å². The van der Waals surface area contributed by atoms with Crippen molar-refractivity contribution in [2.24, 2.45) is 11.8 Å². The lowest BCUT2D eigenvalue weighted by atomic mass is 9.78. The normalized spacial score (nSPS) is 32.8. The molecule has 0 N–H and O–H groups in total. The molecule has 0 amide bonds. The third kappa shape index (κ3) is 3.72. The van der Waals surface area contributed by atoms with Crippen molar-refractivity contribution < 1.29 is 9.47 Å². The Balaban J connectivity index is 0.000000196. The molecule has 0 aromatic heterocycles. The van der Waals surface area contributed by atoms with Crippen LogP contribution in [0.3, 0.4) is 0 Å². The first-order valence-corrected chi connectivity index (χ1v) is 9.13.